The first-order chi connectivity index (χ1) is 8.82. The highest BCUT2D eigenvalue weighted by Gasteiger charge is 2.52. The van der Waals surface area contributed by atoms with E-state index in [0.717, 1.165) is 0 Å². The van der Waals surface area contributed by atoms with E-state index in [0.29, 0.717) is 6.29 Å². The van der Waals surface area contributed by atoms with E-state index in [4.69, 9.17) is 9.84 Å². The van der Waals surface area contributed by atoms with Gasteiger partial charge in [0.05, 0.1) is 0 Å². The lowest BCUT2D eigenvalue weighted by Gasteiger charge is -2.32. The summed E-state index contributed by atoms with van der Waals surface area (Å²) in [4.78, 5) is 21.5. The van der Waals surface area contributed by atoms with Gasteiger partial charge in [-0.15, -0.1) is 0 Å². The monoisotopic (exact) mass is 274 g/mol. The lowest BCUT2D eigenvalue weighted by molar-refractivity contribution is -0.217. The number of halogens is 3. The predicted octanol–water partition coefficient (Wildman–Crippen LogP) is 2.07. The summed E-state index contributed by atoms with van der Waals surface area (Å²) in [7, 11) is 0. The van der Waals surface area contributed by atoms with E-state index in [1.165, 1.54) is 18.2 Å². The highest BCUT2D eigenvalue weighted by molar-refractivity contribution is 5.76. The minimum Gasteiger partial charge on any atom is -0.481 e. The molecule has 0 fully saturated rings. The first-order valence-electron chi connectivity index (χ1n) is 5.37. The number of carbonyl (C=O) groups is 2. The SMILES string of the molecule is O=Cc1ccc2c(c1)C[C@@H](C(=O)O)[C@@H](C(F)(F)F)O2. The molecule has 0 bridgehead atoms. The molecule has 1 aromatic carbocycles. The van der Waals surface area contributed by atoms with Crippen LogP contribution < -0.4 is 4.74 Å². The van der Waals surface area contributed by atoms with Gasteiger partial charge in [-0.25, -0.2) is 0 Å². The Bertz CT molecular complexity index is 524. The summed E-state index contributed by atoms with van der Waals surface area (Å²) in [5.41, 5.74) is 0.550. The van der Waals surface area contributed by atoms with Crippen molar-refractivity contribution in [3.63, 3.8) is 0 Å². The third-order valence-corrected chi connectivity index (χ3v) is 2.92. The van der Waals surface area contributed by atoms with Crippen molar-refractivity contribution >= 4 is 12.3 Å². The molecule has 0 unspecified atom stereocenters. The molecule has 0 saturated heterocycles. The summed E-state index contributed by atoms with van der Waals surface area (Å²) < 4.78 is 43.0. The molecule has 0 saturated carbocycles. The molecule has 7 heteroatoms. The minimum absolute atomic E-state index is 0.0366. The number of hydrogen-bond donors (Lipinski definition) is 1. The quantitative estimate of drug-likeness (QED) is 0.838. The Morgan fingerprint density at radius 1 is 1.42 bits per heavy atom. The first-order valence-corrected chi connectivity index (χ1v) is 5.37. The van der Waals surface area contributed by atoms with Crippen molar-refractivity contribution in [3.05, 3.63) is 29.3 Å². The van der Waals surface area contributed by atoms with E-state index in [-0.39, 0.29) is 23.3 Å². The van der Waals surface area contributed by atoms with Crippen LogP contribution in [0.15, 0.2) is 18.2 Å². The molecule has 1 aliphatic heterocycles. The fourth-order valence-corrected chi connectivity index (χ4v) is 2.02. The molecule has 2 rings (SSSR count). The molecule has 2 atom stereocenters. The Kier molecular flexibility index (Phi) is 3.21. The molecule has 1 heterocycles. The Morgan fingerprint density at radius 2 is 2.11 bits per heavy atom. The van der Waals surface area contributed by atoms with Gasteiger partial charge in [0.15, 0.2) is 0 Å². The van der Waals surface area contributed by atoms with E-state index in [1.807, 2.05) is 0 Å². The number of hydrogen-bond acceptors (Lipinski definition) is 3. The highest BCUT2D eigenvalue weighted by atomic mass is 19.4. The van der Waals surface area contributed by atoms with Gasteiger partial charge in [0.2, 0.25) is 6.10 Å². The molecule has 1 aromatic rings. The fourth-order valence-electron chi connectivity index (χ4n) is 2.02. The van der Waals surface area contributed by atoms with Crippen molar-refractivity contribution in [1.82, 2.24) is 0 Å². The number of fused-ring (bicyclic) bond motifs is 1. The molecular formula is C12H9F3O4. The maximum Gasteiger partial charge on any atom is 0.426 e. The topological polar surface area (TPSA) is 63.6 Å². The average Bonchev–Trinajstić information content (AvgIpc) is 2.35. The van der Waals surface area contributed by atoms with Crippen LogP contribution in [0.1, 0.15) is 15.9 Å². The molecule has 0 aliphatic carbocycles. The number of aliphatic carboxylic acids is 1. The molecular weight excluding hydrogens is 265 g/mol. The minimum atomic E-state index is -4.76. The van der Waals surface area contributed by atoms with Crippen molar-refractivity contribution in [2.24, 2.45) is 5.92 Å². The zero-order chi connectivity index (χ0) is 14.2. The average molecular weight is 274 g/mol. The van der Waals surface area contributed by atoms with Crippen LogP contribution in [0.5, 0.6) is 5.75 Å². The third kappa shape index (κ3) is 2.54. The standard InChI is InChI=1S/C12H9F3O4/c13-12(14,15)10-8(11(17)18)4-7-3-6(5-16)1-2-9(7)19-10/h1-3,5,8,10H,4H2,(H,17,18)/t8-,10+/m1/s1. The Labute approximate surface area is 105 Å². The number of rotatable bonds is 2. The summed E-state index contributed by atoms with van der Waals surface area (Å²) in [6.07, 6.45) is -6.92. The lowest BCUT2D eigenvalue weighted by atomic mass is 9.89. The third-order valence-electron chi connectivity index (χ3n) is 2.92. The van der Waals surface area contributed by atoms with E-state index in [9.17, 15) is 22.8 Å². The van der Waals surface area contributed by atoms with Crippen LogP contribution in [-0.2, 0) is 11.2 Å². The molecule has 4 nitrogen and oxygen atoms in total. The van der Waals surface area contributed by atoms with Crippen molar-refractivity contribution in [2.45, 2.75) is 18.7 Å². The lowest BCUT2D eigenvalue weighted by Crippen LogP contribution is -2.47. The van der Waals surface area contributed by atoms with Crippen molar-refractivity contribution in [2.75, 3.05) is 0 Å². The second-order valence-corrected chi connectivity index (χ2v) is 4.21. The van der Waals surface area contributed by atoms with Gasteiger partial charge < -0.3 is 9.84 Å². The first kappa shape index (κ1) is 13.4. The van der Waals surface area contributed by atoms with Crippen molar-refractivity contribution in [1.29, 1.82) is 0 Å². The summed E-state index contributed by atoms with van der Waals surface area (Å²) >= 11 is 0. The number of benzene rings is 1. The Morgan fingerprint density at radius 3 is 2.63 bits per heavy atom. The maximum atomic E-state index is 12.7. The molecule has 0 radical (unpaired) electrons. The molecule has 102 valence electrons. The largest absolute Gasteiger partial charge is 0.481 e. The maximum absolute atomic E-state index is 12.7. The Balaban J connectivity index is 2.42. The summed E-state index contributed by atoms with van der Waals surface area (Å²) in [5, 5.41) is 8.87. The smallest absolute Gasteiger partial charge is 0.426 e. The van der Waals surface area contributed by atoms with Crippen LogP contribution >= 0.6 is 0 Å². The van der Waals surface area contributed by atoms with Crippen molar-refractivity contribution in [3.8, 4) is 5.75 Å². The molecule has 0 spiro atoms. The van der Waals surface area contributed by atoms with Crippen LogP contribution in [-0.4, -0.2) is 29.6 Å². The fraction of sp³-hybridized carbons (Fsp3) is 0.333. The number of alkyl halides is 3. The van der Waals surface area contributed by atoms with Crippen LogP contribution in [0.4, 0.5) is 13.2 Å². The van der Waals surface area contributed by atoms with Gasteiger partial charge in [-0.1, -0.05) is 0 Å². The zero-order valence-corrected chi connectivity index (χ0v) is 9.48. The van der Waals surface area contributed by atoms with Gasteiger partial charge in [0, 0.05) is 5.56 Å². The van der Waals surface area contributed by atoms with E-state index >= 15 is 0 Å². The molecule has 0 amide bonds. The van der Waals surface area contributed by atoms with Gasteiger partial charge >= 0.3 is 12.1 Å². The van der Waals surface area contributed by atoms with Crippen LogP contribution in [0.25, 0.3) is 0 Å². The second kappa shape index (κ2) is 4.56. The number of carboxylic acids is 1. The summed E-state index contributed by atoms with van der Waals surface area (Å²) in [5.74, 6) is -3.33. The van der Waals surface area contributed by atoms with E-state index in [2.05, 4.69) is 0 Å². The van der Waals surface area contributed by atoms with Gasteiger partial charge in [-0.3, -0.25) is 9.59 Å². The molecule has 1 aliphatic rings. The summed E-state index contributed by atoms with van der Waals surface area (Å²) in [6, 6.07) is 3.90. The number of aldehydes is 1. The van der Waals surface area contributed by atoms with Gasteiger partial charge in [-0.2, -0.15) is 13.2 Å². The molecule has 1 N–H and O–H groups in total. The second-order valence-electron chi connectivity index (χ2n) is 4.21. The highest BCUT2D eigenvalue weighted by Crippen LogP contribution is 2.38. The van der Waals surface area contributed by atoms with Gasteiger partial charge in [0.1, 0.15) is 18.0 Å². The van der Waals surface area contributed by atoms with Crippen LogP contribution in [0.2, 0.25) is 0 Å². The Hall–Kier alpha value is -2.05. The molecule has 0 aromatic heterocycles. The van der Waals surface area contributed by atoms with E-state index < -0.39 is 24.2 Å². The normalized spacial score (nSPS) is 22.3. The van der Waals surface area contributed by atoms with E-state index in [1.54, 1.807) is 0 Å². The molecule has 19 heavy (non-hydrogen) atoms. The number of carboxylic acid groups (broad SMARTS) is 1. The van der Waals surface area contributed by atoms with Crippen LogP contribution in [0, 0.1) is 5.92 Å². The van der Waals surface area contributed by atoms with Crippen LogP contribution in [0.3, 0.4) is 0 Å². The summed E-state index contributed by atoms with van der Waals surface area (Å²) in [6.45, 7) is 0. The zero-order valence-electron chi connectivity index (χ0n) is 9.48. The van der Waals surface area contributed by atoms with Gasteiger partial charge in [0.25, 0.3) is 0 Å². The van der Waals surface area contributed by atoms with Gasteiger partial charge in [-0.05, 0) is 30.2 Å². The predicted molar refractivity (Wildman–Crippen MR) is 57.1 cm³/mol. The number of ether oxygens (including phenoxy) is 1. The number of carbonyl (C=O) groups excluding carboxylic acids is 1. The van der Waals surface area contributed by atoms with Crippen molar-refractivity contribution < 1.29 is 32.6 Å².